The van der Waals surface area contributed by atoms with E-state index in [1.54, 1.807) is 0 Å². The molecule has 410 valence electrons. The largest absolute Gasteiger partial charge is 0.462 e. The molecule has 1 unspecified atom stereocenters. The first-order chi connectivity index (χ1) is 35.5. The van der Waals surface area contributed by atoms with E-state index in [1.165, 1.54) is 122 Å². The normalized spacial score (nSPS) is 12.9. The summed E-state index contributed by atoms with van der Waals surface area (Å²) >= 11 is 0. The maximum atomic E-state index is 12.8. The van der Waals surface area contributed by atoms with Crippen molar-refractivity contribution in [3.63, 3.8) is 0 Å². The van der Waals surface area contributed by atoms with Crippen LogP contribution in [0.2, 0.25) is 0 Å². The maximum absolute atomic E-state index is 12.8. The van der Waals surface area contributed by atoms with Crippen molar-refractivity contribution in [3.05, 3.63) is 109 Å². The highest BCUT2D eigenvalue weighted by atomic mass is 16.6. The van der Waals surface area contributed by atoms with Crippen LogP contribution in [0.15, 0.2) is 109 Å². The third-order valence-electron chi connectivity index (χ3n) is 12.5. The zero-order chi connectivity index (χ0) is 52.2. The first kappa shape index (κ1) is 68.1. The van der Waals surface area contributed by atoms with Gasteiger partial charge in [-0.25, -0.2) is 0 Å². The standard InChI is InChI=1S/C66H110O6/c1-4-7-10-13-16-19-22-25-27-29-31-32-33-35-36-38-41-44-47-50-53-56-59-65(68)71-62-63(61-70-64(67)58-55-52-49-46-43-40-24-21-18-15-12-9-6-3)72-66(69)60-57-54-51-48-45-42-39-37-34-30-28-26-23-20-17-14-11-8-5-2/h8-9,11-12,17-18,20-21,26,28,34,37,40,42-43,45,51,54,63H,4-7,10,13-16,19,22-25,27,29-33,35-36,38-39,41,44,46-50,52-53,55-62H2,1-3H3/b11-8-,12-9-,20-17-,21-18-,28-26-,37-34-,43-40-,45-42-,54-51-. The zero-order valence-corrected chi connectivity index (χ0v) is 46.9. The minimum Gasteiger partial charge on any atom is -0.462 e. The van der Waals surface area contributed by atoms with Gasteiger partial charge >= 0.3 is 17.9 Å². The summed E-state index contributed by atoms with van der Waals surface area (Å²) in [5, 5.41) is 0. The Morgan fingerprint density at radius 3 is 0.903 bits per heavy atom. The lowest BCUT2D eigenvalue weighted by molar-refractivity contribution is -0.166. The van der Waals surface area contributed by atoms with Gasteiger partial charge in [0.25, 0.3) is 0 Å². The van der Waals surface area contributed by atoms with Crippen LogP contribution in [0.1, 0.15) is 271 Å². The Kier molecular flexibility index (Phi) is 56.4. The second-order valence-corrected chi connectivity index (χ2v) is 19.5. The summed E-state index contributed by atoms with van der Waals surface area (Å²) in [6.07, 6.45) is 81.1. The van der Waals surface area contributed by atoms with Crippen molar-refractivity contribution < 1.29 is 28.6 Å². The molecule has 0 N–H and O–H groups in total. The number of hydrogen-bond donors (Lipinski definition) is 0. The van der Waals surface area contributed by atoms with Crippen LogP contribution in [0.25, 0.3) is 0 Å². The molecule has 6 heteroatoms. The van der Waals surface area contributed by atoms with Gasteiger partial charge in [-0.15, -0.1) is 0 Å². The SMILES string of the molecule is CC/C=C\C/C=C\C/C=C\C/C=C\C/C=C\C/C=C\CCC(=O)OC(COC(=O)CCCCC/C=C\C/C=C\C/C=C\CC)COC(=O)CCCCCCCCCCCCCCCCCCCCCCCC. The molecule has 1 atom stereocenters. The fourth-order valence-electron chi connectivity index (χ4n) is 8.13. The van der Waals surface area contributed by atoms with Gasteiger partial charge in [-0.1, -0.05) is 271 Å². The van der Waals surface area contributed by atoms with E-state index in [9.17, 15) is 14.4 Å². The number of carbonyl (C=O) groups excluding carboxylic acids is 3. The Labute approximate surface area is 444 Å². The van der Waals surface area contributed by atoms with Gasteiger partial charge in [0.05, 0.1) is 0 Å². The van der Waals surface area contributed by atoms with E-state index in [0.717, 1.165) is 103 Å². The van der Waals surface area contributed by atoms with Crippen molar-refractivity contribution in [3.8, 4) is 0 Å². The van der Waals surface area contributed by atoms with E-state index in [-0.39, 0.29) is 31.6 Å². The van der Waals surface area contributed by atoms with Crippen LogP contribution in [0.5, 0.6) is 0 Å². The topological polar surface area (TPSA) is 78.9 Å². The fraction of sp³-hybridized carbons (Fsp3) is 0.682. The molecule has 72 heavy (non-hydrogen) atoms. The Balaban J connectivity index is 4.44. The molecule has 0 aliphatic carbocycles. The average Bonchev–Trinajstić information content (AvgIpc) is 3.38. The van der Waals surface area contributed by atoms with E-state index in [4.69, 9.17) is 14.2 Å². The Morgan fingerprint density at radius 1 is 0.292 bits per heavy atom. The third-order valence-corrected chi connectivity index (χ3v) is 12.5. The number of ether oxygens (including phenoxy) is 3. The zero-order valence-electron chi connectivity index (χ0n) is 46.9. The molecule has 0 fully saturated rings. The molecule has 0 spiro atoms. The number of hydrogen-bond acceptors (Lipinski definition) is 6. The molecule has 0 amide bonds. The summed E-state index contributed by atoms with van der Waals surface area (Å²) in [6, 6.07) is 0. The molecule has 0 aliphatic rings. The smallest absolute Gasteiger partial charge is 0.306 e. The Morgan fingerprint density at radius 2 is 0.569 bits per heavy atom. The monoisotopic (exact) mass is 999 g/mol. The molecule has 0 radical (unpaired) electrons. The molecule has 0 aliphatic heterocycles. The number of unbranched alkanes of at least 4 members (excludes halogenated alkanes) is 24. The second-order valence-electron chi connectivity index (χ2n) is 19.5. The fourth-order valence-corrected chi connectivity index (χ4v) is 8.13. The number of carbonyl (C=O) groups is 3. The molecule has 0 heterocycles. The molecular weight excluding hydrogens is 889 g/mol. The predicted octanol–water partition coefficient (Wildman–Crippen LogP) is 20.3. The highest BCUT2D eigenvalue weighted by Crippen LogP contribution is 2.16. The van der Waals surface area contributed by atoms with E-state index in [2.05, 4.69) is 118 Å². The van der Waals surface area contributed by atoms with Gasteiger partial charge in [0.15, 0.2) is 6.10 Å². The summed E-state index contributed by atoms with van der Waals surface area (Å²) in [5.41, 5.74) is 0. The van der Waals surface area contributed by atoms with Crippen molar-refractivity contribution in [2.75, 3.05) is 13.2 Å². The van der Waals surface area contributed by atoms with E-state index >= 15 is 0 Å². The number of rotatable bonds is 53. The van der Waals surface area contributed by atoms with Crippen LogP contribution in [0.4, 0.5) is 0 Å². The lowest BCUT2D eigenvalue weighted by Crippen LogP contribution is -2.30. The maximum Gasteiger partial charge on any atom is 0.306 e. The predicted molar refractivity (Wildman–Crippen MR) is 311 cm³/mol. The molecule has 0 saturated heterocycles. The summed E-state index contributed by atoms with van der Waals surface area (Å²) in [4.78, 5) is 38.1. The van der Waals surface area contributed by atoms with Gasteiger partial charge < -0.3 is 14.2 Å². The average molecular weight is 1000 g/mol. The van der Waals surface area contributed by atoms with Crippen molar-refractivity contribution in [1.29, 1.82) is 0 Å². The molecule has 0 saturated carbocycles. The molecule has 6 nitrogen and oxygen atoms in total. The Hall–Kier alpha value is -3.93. The first-order valence-corrected chi connectivity index (χ1v) is 29.9. The van der Waals surface area contributed by atoms with Crippen LogP contribution in [-0.4, -0.2) is 37.2 Å². The molecule has 0 bridgehead atoms. The van der Waals surface area contributed by atoms with Crippen LogP contribution >= 0.6 is 0 Å². The van der Waals surface area contributed by atoms with E-state index in [0.29, 0.717) is 19.3 Å². The summed E-state index contributed by atoms with van der Waals surface area (Å²) < 4.78 is 16.8. The summed E-state index contributed by atoms with van der Waals surface area (Å²) in [5.74, 6) is -1.03. The van der Waals surface area contributed by atoms with Crippen LogP contribution in [0, 0.1) is 0 Å². The van der Waals surface area contributed by atoms with Crippen LogP contribution < -0.4 is 0 Å². The second kappa shape index (κ2) is 59.6. The molecule has 0 aromatic rings. The van der Waals surface area contributed by atoms with Gasteiger partial charge in [-0.3, -0.25) is 14.4 Å². The molecular formula is C66H110O6. The summed E-state index contributed by atoms with van der Waals surface area (Å²) in [6.45, 7) is 6.34. The highest BCUT2D eigenvalue weighted by Gasteiger charge is 2.19. The van der Waals surface area contributed by atoms with Crippen molar-refractivity contribution in [1.82, 2.24) is 0 Å². The number of esters is 3. The molecule has 0 rings (SSSR count). The van der Waals surface area contributed by atoms with E-state index in [1.807, 2.05) is 12.2 Å². The molecule has 0 aromatic heterocycles. The minimum atomic E-state index is -0.831. The number of allylic oxidation sites excluding steroid dienone is 18. The quantitative estimate of drug-likeness (QED) is 0.0261. The van der Waals surface area contributed by atoms with Crippen LogP contribution in [0.3, 0.4) is 0 Å². The highest BCUT2D eigenvalue weighted by molar-refractivity contribution is 5.71. The molecule has 0 aromatic carbocycles. The lowest BCUT2D eigenvalue weighted by Gasteiger charge is -2.18. The van der Waals surface area contributed by atoms with Gasteiger partial charge in [-0.2, -0.15) is 0 Å². The van der Waals surface area contributed by atoms with Crippen molar-refractivity contribution in [2.45, 2.75) is 277 Å². The Bertz CT molecular complexity index is 1470. The van der Waals surface area contributed by atoms with Gasteiger partial charge in [0, 0.05) is 19.3 Å². The van der Waals surface area contributed by atoms with Gasteiger partial charge in [0.2, 0.25) is 0 Å². The third kappa shape index (κ3) is 57.0. The van der Waals surface area contributed by atoms with Gasteiger partial charge in [-0.05, 0) is 89.9 Å². The first-order valence-electron chi connectivity index (χ1n) is 29.9. The lowest BCUT2D eigenvalue weighted by atomic mass is 10.0. The van der Waals surface area contributed by atoms with E-state index < -0.39 is 12.1 Å². The minimum absolute atomic E-state index is 0.117. The van der Waals surface area contributed by atoms with Gasteiger partial charge in [0.1, 0.15) is 13.2 Å². The van der Waals surface area contributed by atoms with Crippen molar-refractivity contribution >= 4 is 17.9 Å². The van der Waals surface area contributed by atoms with Crippen molar-refractivity contribution in [2.24, 2.45) is 0 Å². The van der Waals surface area contributed by atoms with Crippen LogP contribution in [-0.2, 0) is 28.6 Å². The summed E-state index contributed by atoms with van der Waals surface area (Å²) in [7, 11) is 0.